The number of ether oxygens (including phenoxy) is 1. The molecule has 0 saturated heterocycles. The zero-order valence-corrected chi connectivity index (χ0v) is 19.1. The van der Waals surface area contributed by atoms with Crippen LogP contribution in [-0.4, -0.2) is 29.1 Å². The number of fused-ring (bicyclic) bond motifs is 2. The van der Waals surface area contributed by atoms with Crippen molar-refractivity contribution in [3.8, 4) is 5.75 Å². The molecule has 0 aromatic heterocycles. The second-order valence-corrected chi connectivity index (χ2v) is 11.5. The zero-order valence-electron chi connectivity index (χ0n) is 19.1. The van der Waals surface area contributed by atoms with Crippen LogP contribution in [0.3, 0.4) is 0 Å². The van der Waals surface area contributed by atoms with Gasteiger partial charge in [-0.15, -0.1) is 0 Å². The number of benzene rings is 1. The van der Waals surface area contributed by atoms with E-state index >= 15 is 0 Å². The van der Waals surface area contributed by atoms with E-state index in [0.717, 1.165) is 49.0 Å². The molecule has 4 fully saturated rings. The number of carbonyl (C=O) groups is 2. The van der Waals surface area contributed by atoms with Gasteiger partial charge in [-0.3, -0.25) is 4.79 Å². The highest BCUT2D eigenvalue weighted by Gasteiger charge is 2.52. The summed E-state index contributed by atoms with van der Waals surface area (Å²) in [7, 11) is 0. The van der Waals surface area contributed by atoms with E-state index in [4.69, 9.17) is 4.74 Å². The summed E-state index contributed by atoms with van der Waals surface area (Å²) in [5.74, 6) is 0.807. The molecule has 5 rings (SSSR count). The largest absolute Gasteiger partial charge is 0.493 e. The van der Waals surface area contributed by atoms with Crippen molar-refractivity contribution in [2.24, 2.45) is 23.2 Å². The summed E-state index contributed by atoms with van der Waals surface area (Å²) in [5.41, 5.74) is -0.339. The van der Waals surface area contributed by atoms with Gasteiger partial charge in [-0.1, -0.05) is 13.8 Å². The number of amides is 1. The van der Waals surface area contributed by atoms with Gasteiger partial charge >= 0.3 is 5.97 Å². The van der Waals surface area contributed by atoms with Crippen molar-refractivity contribution < 1.29 is 23.8 Å². The van der Waals surface area contributed by atoms with Crippen LogP contribution in [0.1, 0.15) is 93.5 Å². The molecule has 0 aliphatic heterocycles. The van der Waals surface area contributed by atoms with Gasteiger partial charge in [0, 0.05) is 11.5 Å². The molecule has 1 amide bonds. The van der Waals surface area contributed by atoms with Crippen LogP contribution in [0.4, 0.5) is 4.39 Å². The standard InChI is InChI=1S/C26H34FNO4/c1-15-7-16-9-17(8-15)13-25(2,12-16)14-32-22-11-21(27)20(10-19(22)18-3-4-18)23(29)28-26(5-6-26)24(30)31/h10-11,15-18H,3-9,12-14H2,1-2H3,(H,28,29)(H,30,31)/t15?,16-,17?,25?/m0/s1. The number of rotatable bonds is 7. The number of halogens is 1. The van der Waals surface area contributed by atoms with Crippen molar-refractivity contribution in [1.29, 1.82) is 0 Å². The first-order valence-corrected chi connectivity index (χ1v) is 12.2. The maximum atomic E-state index is 15.0. The number of hydrogen-bond donors (Lipinski definition) is 2. The molecule has 1 aromatic carbocycles. The molecule has 0 heterocycles. The fourth-order valence-corrected chi connectivity index (χ4v) is 6.46. The molecule has 4 atom stereocenters. The lowest BCUT2D eigenvalue weighted by molar-refractivity contribution is -0.140. The Balaban J connectivity index is 1.32. The van der Waals surface area contributed by atoms with E-state index in [0.29, 0.717) is 25.2 Å². The second kappa shape index (κ2) is 7.74. The molecule has 1 aromatic rings. The van der Waals surface area contributed by atoms with Crippen LogP contribution in [0.15, 0.2) is 12.1 Å². The number of nitrogens with one attached hydrogen (secondary N) is 1. The number of aliphatic carboxylic acids is 1. The Morgan fingerprint density at radius 2 is 1.81 bits per heavy atom. The maximum absolute atomic E-state index is 15.0. The molecule has 4 aliphatic rings. The second-order valence-electron chi connectivity index (χ2n) is 11.5. The van der Waals surface area contributed by atoms with Gasteiger partial charge in [0.1, 0.15) is 17.1 Å². The summed E-state index contributed by atoms with van der Waals surface area (Å²) in [6.45, 7) is 5.24. The van der Waals surface area contributed by atoms with E-state index in [1.807, 2.05) is 0 Å². The highest BCUT2D eigenvalue weighted by atomic mass is 19.1. The Morgan fingerprint density at radius 3 is 2.38 bits per heavy atom. The molecule has 4 saturated carbocycles. The van der Waals surface area contributed by atoms with Crippen molar-refractivity contribution >= 4 is 11.9 Å². The number of carboxylic acid groups (broad SMARTS) is 1. The molecule has 4 aliphatic carbocycles. The normalized spacial score (nSPS) is 32.8. The molecule has 2 N–H and O–H groups in total. The van der Waals surface area contributed by atoms with E-state index < -0.39 is 23.2 Å². The van der Waals surface area contributed by atoms with Crippen molar-refractivity contribution in [3.63, 3.8) is 0 Å². The summed E-state index contributed by atoms with van der Waals surface area (Å²) >= 11 is 0. The average molecular weight is 444 g/mol. The first-order chi connectivity index (χ1) is 15.2. The van der Waals surface area contributed by atoms with Crippen LogP contribution in [0, 0.1) is 29.0 Å². The molecule has 0 spiro atoms. The van der Waals surface area contributed by atoms with E-state index in [2.05, 4.69) is 19.2 Å². The fraction of sp³-hybridized carbons (Fsp3) is 0.692. The van der Waals surface area contributed by atoms with Crippen LogP contribution < -0.4 is 10.1 Å². The smallest absolute Gasteiger partial charge is 0.329 e. The molecule has 3 unspecified atom stereocenters. The molecule has 6 heteroatoms. The van der Waals surface area contributed by atoms with E-state index in [1.165, 1.54) is 25.3 Å². The minimum Gasteiger partial charge on any atom is -0.493 e. The zero-order chi connectivity index (χ0) is 22.7. The lowest BCUT2D eigenvalue weighted by Crippen LogP contribution is -2.43. The molecular formula is C26H34FNO4. The fourth-order valence-electron chi connectivity index (χ4n) is 6.46. The van der Waals surface area contributed by atoms with Gasteiger partial charge in [-0.05, 0) is 93.1 Å². The number of carboxylic acids is 1. The Morgan fingerprint density at radius 1 is 1.16 bits per heavy atom. The molecule has 2 bridgehead atoms. The molecule has 174 valence electrons. The van der Waals surface area contributed by atoms with Gasteiger partial charge in [-0.25, -0.2) is 9.18 Å². The minimum atomic E-state index is -1.23. The average Bonchev–Trinajstić information content (AvgIpc) is 3.60. The highest BCUT2D eigenvalue weighted by molar-refractivity contribution is 5.99. The molecular weight excluding hydrogens is 409 g/mol. The van der Waals surface area contributed by atoms with Crippen molar-refractivity contribution in [1.82, 2.24) is 5.32 Å². The van der Waals surface area contributed by atoms with Crippen LogP contribution in [0.25, 0.3) is 0 Å². The molecule has 0 radical (unpaired) electrons. The predicted molar refractivity (Wildman–Crippen MR) is 118 cm³/mol. The Kier molecular flexibility index (Phi) is 5.25. The van der Waals surface area contributed by atoms with Gasteiger partial charge < -0.3 is 15.2 Å². The van der Waals surface area contributed by atoms with Crippen LogP contribution in [0.2, 0.25) is 0 Å². The number of hydrogen-bond acceptors (Lipinski definition) is 3. The first-order valence-electron chi connectivity index (χ1n) is 12.2. The van der Waals surface area contributed by atoms with Crippen LogP contribution in [-0.2, 0) is 4.79 Å². The lowest BCUT2D eigenvalue weighted by atomic mass is 9.60. The van der Waals surface area contributed by atoms with Gasteiger partial charge in [0.25, 0.3) is 5.91 Å². The van der Waals surface area contributed by atoms with Gasteiger partial charge in [0.2, 0.25) is 0 Å². The topological polar surface area (TPSA) is 75.6 Å². The minimum absolute atomic E-state index is 0.0841. The third kappa shape index (κ3) is 4.25. The maximum Gasteiger partial charge on any atom is 0.329 e. The highest BCUT2D eigenvalue weighted by Crippen LogP contribution is 2.51. The van der Waals surface area contributed by atoms with Crippen LogP contribution in [0.5, 0.6) is 5.75 Å². The Labute approximate surface area is 189 Å². The van der Waals surface area contributed by atoms with Crippen molar-refractivity contribution in [2.75, 3.05) is 6.61 Å². The SMILES string of the molecule is CC1CC2C[C@H](C1)CC(C)(COc1cc(F)c(C(=O)NC3(C(=O)O)CC3)cc1C1CC1)C2. The van der Waals surface area contributed by atoms with Crippen LogP contribution >= 0.6 is 0 Å². The van der Waals surface area contributed by atoms with Crippen molar-refractivity contribution in [2.45, 2.75) is 83.1 Å². The quantitative estimate of drug-likeness (QED) is 0.601. The Hall–Kier alpha value is -2.11. The number of carbonyl (C=O) groups excluding carboxylic acids is 1. The summed E-state index contributed by atoms with van der Waals surface area (Å²) in [6, 6.07) is 2.94. The van der Waals surface area contributed by atoms with E-state index in [-0.39, 0.29) is 16.9 Å². The van der Waals surface area contributed by atoms with Crippen molar-refractivity contribution in [3.05, 3.63) is 29.1 Å². The van der Waals surface area contributed by atoms with Gasteiger partial charge in [0.05, 0.1) is 12.2 Å². The molecule has 5 nitrogen and oxygen atoms in total. The molecule has 32 heavy (non-hydrogen) atoms. The van der Waals surface area contributed by atoms with Gasteiger partial charge in [-0.2, -0.15) is 0 Å². The van der Waals surface area contributed by atoms with E-state index in [1.54, 1.807) is 6.07 Å². The Bertz CT molecular complexity index is 918. The first kappa shape index (κ1) is 21.7. The summed E-state index contributed by atoms with van der Waals surface area (Å²) in [5, 5.41) is 11.9. The van der Waals surface area contributed by atoms with E-state index in [9.17, 15) is 19.1 Å². The lowest BCUT2D eigenvalue weighted by Gasteiger charge is -2.47. The summed E-state index contributed by atoms with van der Waals surface area (Å²) in [6.07, 6.45) is 9.02. The summed E-state index contributed by atoms with van der Waals surface area (Å²) in [4.78, 5) is 24.1. The predicted octanol–water partition coefficient (Wildman–Crippen LogP) is 5.28. The third-order valence-electron chi connectivity index (χ3n) is 8.15. The third-order valence-corrected chi connectivity index (χ3v) is 8.15. The monoisotopic (exact) mass is 443 g/mol. The van der Waals surface area contributed by atoms with Gasteiger partial charge in [0.15, 0.2) is 0 Å². The summed E-state index contributed by atoms with van der Waals surface area (Å²) < 4.78 is 21.2.